The lowest BCUT2D eigenvalue weighted by Crippen LogP contribution is -2.48. The highest BCUT2D eigenvalue weighted by molar-refractivity contribution is 7.89. The molecular formula is C19H19N5O3S. The van der Waals surface area contributed by atoms with Crippen LogP contribution in [0.2, 0.25) is 0 Å². The minimum absolute atomic E-state index is 0.0587. The third kappa shape index (κ3) is 3.48. The summed E-state index contributed by atoms with van der Waals surface area (Å²) in [5, 5.41) is 3.67. The van der Waals surface area contributed by atoms with Gasteiger partial charge in [-0.2, -0.15) is 8.42 Å². The Hall–Kier alpha value is -3.20. The van der Waals surface area contributed by atoms with Crippen molar-refractivity contribution in [3.05, 3.63) is 72.8 Å². The minimum atomic E-state index is -3.79. The molecule has 2 heterocycles. The number of hydrogen-bond donors (Lipinski definition) is 0. The van der Waals surface area contributed by atoms with Gasteiger partial charge in [0.2, 0.25) is 0 Å². The van der Waals surface area contributed by atoms with E-state index in [0.717, 1.165) is 35.5 Å². The maximum atomic E-state index is 12.8. The number of amides is 1. The SMILES string of the molecule is O=C(c1ccc(S(=O)(=O)n2cncn2)cc1)N1CCN(c2ccccc2)CC1. The third-order valence-corrected chi connectivity index (χ3v) is 6.28. The Morgan fingerprint density at radius 3 is 2.18 bits per heavy atom. The molecule has 0 unspecified atom stereocenters. The van der Waals surface area contributed by atoms with Gasteiger partial charge in [-0.15, -0.1) is 9.19 Å². The van der Waals surface area contributed by atoms with Crippen LogP contribution in [0.5, 0.6) is 0 Å². The molecule has 0 aliphatic carbocycles. The molecule has 0 N–H and O–H groups in total. The quantitative estimate of drug-likeness (QED) is 0.663. The molecule has 144 valence electrons. The van der Waals surface area contributed by atoms with Crippen molar-refractivity contribution in [2.45, 2.75) is 4.90 Å². The van der Waals surface area contributed by atoms with E-state index < -0.39 is 10.0 Å². The molecule has 0 radical (unpaired) electrons. The van der Waals surface area contributed by atoms with Crippen LogP contribution in [0.15, 0.2) is 72.1 Å². The molecule has 2 aromatic carbocycles. The van der Waals surface area contributed by atoms with Crippen LogP contribution in [0.25, 0.3) is 0 Å². The molecule has 1 aromatic heterocycles. The summed E-state index contributed by atoms with van der Waals surface area (Å²) in [5.41, 5.74) is 1.61. The molecule has 1 aliphatic heterocycles. The molecular weight excluding hydrogens is 378 g/mol. The highest BCUT2D eigenvalue weighted by atomic mass is 32.2. The summed E-state index contributed by atoms with van der Waals surface area (Å²) < 4.78 is 25.6. The Balaban J connectivity index is 1.43. The fourth-order valence-electron chi connectivity index (χ4n) is 3.19. The summed E-state index contributed by atoms with van der Waals surface area (Å²) in [6.07, 6.45) is 2.28. The maximum Gasteiger partial charge on any atom is 0.284 e. The molecule has 0 bridgehead atoms. The first-order chi connectivity index (χ1) is 13.6. The van der Waals surface area contributed by atoms with Gasteiger partial charge in [-0.3, -0.25) is 4.79 Å². The number of aromatic nitrogens is 3. The Morgan fingerprint density at radius 1 is 0.893 bits per heavy atom. The molecule has 1 fully saturated rings. The van der Waals surface area contributed by atoms with E-state index in [4.69, 9.17) is 0 Å². The summed E-state index contributed by atoms with van der Waals surface area (Å²) in [4.78, 5) is 20.5. The molecule has 1 amide bonds. The molecule has 9 heteroatoms. The summed E-state index contributed by atoms with van der Waals surface area (Å²) in [6.45, 7) is 2.75. The van der Waals surface area contributed by atoms with E-state index in [1.54, 1.807) is 4.90 Å². The topological polar surface area (TPSA) is 88.4 Å². The van der Waals surface area contributed by atoms with Crippen molar-refractivity contribution in [2.75, 3.05) is 31.1 Å². The lowest BCUT2D eigenvalue weighted by Gasteiger charge is -2.36. The molecule has 4 rings (SSSR count). The third-order valence-electron chi connectivity index (χ3n) is 4.73. The lowest BCUT2D eigenvalue weighted by molar-refractivity contribution is 0.0746. The van der Waals surface area contributed by atoms with Gasteiger partial charge in [0, 0.05) is 37.4 Å². The maximum absolute atomic E-state index is 12.8. The average molecular weight is 397 g/mol. The van der Waals surface area contributed by atoms with Gasteiger partial charge in [0.1, 0.15) is 12.7 Å². The predicted molar refractivity (Wildman–Crippen MR) is 104 cm³/mol. The minimum Gasteiger partial charge on any atom is -0.368 e. The molecule has 1 saturated heterocycles. The molecule has 0 spiro atoms. The Labute approximate surface area is 163 Å². The van der Waals surface area contributed by atoms with E-state index in [0.29, 0.717) is 18.7 Å². The zero-order valence-electron chi connectivity index (χ0n) is 15.0. The first-order valence-corrected chi connectivity index (χ1v) is 10.3. The van der Waals surface area contributed by atoms with Gasteiger partial charge in [-0.25, -0.2) is 4.98 Å². The molecule has 3 aromatic rings. The average Bonchev–Trinajstić information content (AvgIpc) is 3.30. The second-order valence-corrected chi connectivity index (χ2v) is 8.21. The largest absolute Gasteiger partial charge is 0.368 e. The lowest BCUT2D eigenvalue weighted by atomic mass is 10.1. The predicted octanol–water partition coefficient (Wildman–Crippen LogP) is 1.48. The van der Waals surface area contributed by atoms with E-state index in [-0.39, 0.29) is 10.8 Å². The molecule has 1 aliphatic rings. The van der Waals surface area contributed by atoms with Gasteiger partial charge in [-0.05, 0) is 36.4 Å². The number of carbonyl (C=O) groups excluding carboxylic acids is 1. The first kappa shape index (κ1) is 18.2. The van der Waals surface area contributed by atoms with Gasteiger partial charge < -0.3 is 9.80 Å². The highest BCUT2D eigenvalue weighted by Crippen LogP contribution is 2.18. The fraction of sp³-hybridized carbons (Fsp3) is 0.211. The smallest absolute Gasteiger partial charge is 0.284 e. The highest BCUT2D eigenvalue weighted by Gasteiger charge is 2.23. The second-order valence-electron chi connectivity index (χ2n) is 6.41. The van der Waals surface area contributed by atoms with Crippen LogP contribution >= 0.6 is 0 Å². The van der Waals surface area contributed by atoms with Crippen LogP contribution in [-0.4, -0.2) is 59.6 Å². The Kier molecular flexibility index (Phi) is 4.82. The fourth-order valence-corrected chi connectivity index (χ4v) is 4.23. The van der Waals surface area contributed by atoms with Crippen molar-refractivity contribution in [3.8, 4) is 0 Å². The van der Waals surface area contributed by atoms with Crippen LogP contribution in [-0.2, 0) is 10.0 Å². The van der Waals surface area contributed by atoms with E-state index in [1.807, 2.05) is 18.2 Å². The van der Waals surface area contributed by atoms with Gasteiger partial charge in [0.15, 0.2) is 0 Å². The van der Waals surface area contributed by atoms with Gasteiger partial charge >= 0.3 is 0 Å². The number of benzene rings is 2. The summed E-state index contributed by atoms with van der Waals surface area (Å²) in [6, 6.07) is 16.0. The standard InChI is InChI=1S/C19H19N5O3S/c25-19(23-12-10-22(11-13-23)17-4-2-1-3-5-17)16-6-8-18(9-7-16)28(26,27)24-15-20-14-21-24/h1-9,14-15H,10-13H2. The number of hydrogen-bond acceptors (Lipinski definition) is 6. The van der Waals surface area contributed by atoms with Crippen molar-refractivity contribution in [2.24, 2.45) is 0 Å². The van der Waals surface area contributed by atoms with Gasteiger partial charge in [0.25, 0.3) is 15.9 Å². The van der Waals surface area contributed by atoms with Crippen LogP contribution in [0.1, 0.15) is 10.4 Å². The summed E-state index contributed by atoms with van der Waals surface area (Å²) in [7, 11) is -3.79. The number of nitrogens with zero attached hydrogens (tertiary/aromatic N) is 5. The van der Waals surface area contributed by atoms with E-state index >= 15 is 0 Å². The monoisotopic (exact) mass is 397 g/mol. The van der Waals surface area contributed by atoms with Crippen molar-refractivity contribution >= 4 is 21.6 Å². The normalized spacial score (nSPS) is 14.9. The van der Waals surface area contributed by atoms with Crippen LogP contribution < -0.4 is 4.90 Å². The number of carbonyl (C=O) groups is 1. The first-order valence-electron chi connectivity index (χ1n) is 8.85. The van der Waals surface area contributed by atoms with Gasteiger partial charge in [0.05, 0.1) is 4.90 Å². The molecule has 8 nitrogen and oxygen atoms in total. The van der Waals surface area contributed by atoms with E-state index in [1.165, 1.54) is 24.3 Å². The number of piperazine rings is 1. The van der Waals surface area contributed by atoms with Crippen molar-refractivity contribution in [1.82, 2.24) is 19.1 Å². The second kappa shape index (κ2) is 7.43. The van der Waals surface area contributed by atoms with E-state index in [9.17, 15) is 13.2 Å². The zero-order chi connectivity index (χ0) is 19.6. The van der Waals surface area contributed by atoms with Gasteiger partial charge in [-0.1, -0.05) is 18.2 Å². The van der Waals surface area contributed by atoms with Crippen molar-refractivity contribution < 1.29 is 13.2 Å². The summed E-state index contributed by atoms with van der Waals surface area (Å²) >= 11 is 0. The number of anilines is 1. The van der Waals surface area contributed by atoms with Crippen molar-refractivity contribution in [1.29, 1.82) is 0 Å². The number of rotatable bonds is 4. The Bertz CT molecular complexity index is 1040. The number of para-hydroxylation sites is 1. The Morgan fingerprint density at radius 2 is 1.57 bits per heavy atom. The summed E-state index contributed by atoms with van der Waals surface area (Å²) in [5.74, 6) is -0.0996. The van der Waals surface area contributed by atoms with Crippen LogP contribution in [0, 0.1) is 0 Å². The zero-order valence-corrected chi connectivity index (χ0v) is 15.9. The van der Waals surface area contributed by atoms with Crippen molar-refractivity contribution in [3.63, 3.8) is 0 Å². The van der Waals surface area contributed by atoms with Crippen LogP contribution in [0.3, 0.4) is 0 Å². The molecule has 0 saturated carbocycles. The molecule has 0 atom stereocenters. The molecule has 28 heavy (non-hydrogen) atoms. The van der Waals surface area contributed by atoms with E-state index in [2.05, 4.69) is 27.1 Å². The van der Waals surface area contributed by atoms with Crippen LogP contribution in [0.4, 0.5) is 5.69 Å².